The molecule has 0 aliphatic carbocycles. The van der Waals surface area contributed by atoms with Gasteiger partial charge in [0.15, 0.2) is 12.0 Å². The average molecular weight is 295 g/mol. The number of hydrogen-bond donors (Lipinski definition) is 0. The molecule has 0 spiro atoms. The topological polar surface area (TPSA) is 74.1 Å². The second-order valence-electron chi connectivity index (χ2n) is 2.12. The lowest BCUT2D eigenvalue weighted by Crippen LogP contribution is -2.14. The van der Waals surface area contributed by atoms with Gasteiger partial charge in [0.25, 0.3) is 0 Å². The van der Waals surface area contributed by atoms with Crippen molar-refractivity contribution in [3.8, 4) is 0 Å². The van der Waals surface area contributed by atoms with Crippen molar-refractivity contribution in [1.29, 1.82) is 0 Å². The summed E-state index contributed by atoms with van der Waals surface area (Å²) in [6, 6.07) is 0. The molecule has 0 aliphatic rings. The van der Waals surface area contributed by atoms with E-state index in [9.17, 15) is 9.59 Å². The van der Waals surface area contributed by atoms with Gasteiger partial charge in [-0.05, 0) is 22.6 Å². The highest BCUT2D eigenvalue weighted by atomic mass is 127. The number of esters is 1. The molecule has 6 nitrogen and oxygen atoms in total. The molecule has 7 heteroatoms. The van der Waals surface area contributed by atoms with Gasteiger partial charge in [-0.3, -0.25) is 9.59 Å². The predicted octanol–water partition coefficient (Wildman–Crippen LogP) is -0.132. The molecule has 1 heterocycles. The lowest BCUT2D eigenvalue weighted by atomic mass is 10.5. The number of carbonyl (C=O) groups excluding carboxylic acids is 2. The van der Waals surface area contributed by atoms with Crippen LogP contribution in [0.5, 0.6) is 0 Å². The van der Waals surface area contributed by atoms with E-state index in [2.05, 4.69) is 15.0 Å². The van der Waals surface area contributed by atoms with Crippen molar-refractivity contribution in [3.05, 3.63) is 9.39 Å². The van der Waals surface area contributed by atoms with Gasteiger partial charge >= 0.3 is 5.97 Å². The van der Waals surface area contributed by atoms with Crippen molar-refractivity contribution in [1.82, 2.24) is 15.0 Å². The quantitative estimate of drug-likeness (QED) is 0.441. The number of ether oxygens (including phenoxy) is 1. The number of nitrogens with zero attached hydrogens (tertiary/aromatic N) is 3. The lowest BCUT2D eigenvalue weighted by Gasteiger charge is -1.98. The molecule has 0 atom stereocenters. The van der Waals surface area contributed by atoms with E-state index in [0.717, 1.165) is 0 Å². The Labute approximate surface area is 87.4 Å². The first-order valence-electron chi connectivity index (χ1n) is 3.30. The first kappa shape index (κ1) is 10.1. The third kappa shape index (κ3) is 2.23. The lowest BCUT2D eigenvalue weighted by molar-refractivity contribution is -0.141. The van der Waals surface area contributed by atoms with Crippen LogP contribution in [-0.2, 0) is 16.1 Å². The second-order valence-corrected chi connectivity index (χ2v) is 3.14. The minimum atomic E-state index is -0.430. The summed E-state index contributed by atoms with van der Waals surface area (Å²) in [5.41, 5.74) is 0.226. The zero-order chi connectivity index (χ0) is 9.84. The smallest absolute Gasteiger partial charge is 0.327 e. The standard InChI is InChI=1S/C6H6IN3O3/c1-13-5(12)2-10-6(7)4(3-11)8-9-10/h3H,2H2,1H3. The monoisotopic (exact) mass is 295 g/mol. The number of aldehydes is 1. The molecule has 0 unspecified atom stereocenters. The van der Waals surface area contributed by atoms with Gasteiger partial charge in [0.1, 0.15) is 10.2 Å². The summed E-state index contributed by atoms with van der Waals surface area (Å²) in [5.74, 6) is -0.430. The summed E-state index contributed by atoms with van der Waals surface area (Å²) < 4.78 is 6.26. The van der Waals surface area contributed by atoms with E-state index in [4.69, 9.17) is 0 Å². The predicted molar refractivity (Wildman–Crippen MR) is 50.1 cm³/mol. The number of halogens is 1. The zero-order valence-corrected chi connectivity index (χ0v) is 8.89. The highest BCUT2D eigenvalue weighted by Gasteiger charge is 2.11. The first-order chi connectivity index (χ1) is 6.19. The fourth-order valence-electron chi connectivity index (χ4n) is 0.675. The van der Waals surface area contributed by atoms with Crippen LogP contribution in [0.25, 0.3) is 0 Å². The number of rotatable bonds is 3. The van der Waals surface area contributed by atoms with Crippen molar-refractivity contribution < 1.29 is 14.3 Å². The molecule has 1 aromatic rings. The maximum Gasteiger partial charge on any atom is 0.327 e. The minimum Gasteiger partial charge on any atom is -0.468 e. The highest BCUT2D eigenvalue weighted by molar-refractivity contribution is 14.1. The van der Waals surface area contributed by atoms with Gasteiger partial charge < -0.3 is 4.74 Å². The maximum atomic E-state index is 10.8. The highest BCUT2D eigenvalue weighted by Crippen LogP contribution is 2.06. The van der Waals surface area contributed by atoms with Crippen LogP contribution in [0.3, 0.4) is 0 Å². The number of aromatic nitrogens is 3. The molecule has 0 bridgehead atoms. The average Bonchev–Trinajstić information content (AvgIpc) is 2.48. The summed E-state index contributed by atoms with van der Waals surface area (Å²) in [5, 5.41) is 7.15. The number of hydrogen-bond acceptors (Lipinski definition) is 5. The van der Waals surface area contributed by atoms with Crippen LogP contribution in [0.4, 0.5) is 0 Å². The van der Waals surface area contributed by atoms with Crippen molar-refractivity contribution in [3.63, 3.8) is 0 Å². The fraction of sp³-hybridized carbons (Fsp3) is 0.333. The summed E-state index contributed by atoms with van der Waals surface area (Å²) in [6.07, 6.45) is 0.586. The third-order valence-electron chi connectivity index (χ3n) is 1.32. The molecule has 0 aliphatic heterocycles. The van der Waals surface area contributed by atoms with E-state index in [1.54, 1.807) is 0 Å². The molecule has 0 aromatic carbocycles. The van der Waals surface area contributed by atoms with Crippen LogP contribution in [0.15, 0.2) is 0 Å². The Morgan fingerprint density at radius 3 is 2.92 bits per heavy atom. The van der Waals surface area contributed by atoms with Crippen molar-refractivity contribution in [2.45, 2.75) is 6.54 Å². The van der Waals surface area contributed by atoms with Crippen LogP contribution in [0, 0.1) is 3.70 Å². The van der Waals surface area contributed by atoms with Crippen LogP contribution >= 0.6 is 22.6 Å². The van der Waals surface area contributed by atoms with Gasteiger partial charge in [-0.25, -0.2) is 4.68 Å². The van der Waals surface area contributed by atoms with E-state index in [0.29, 0.717) is 9.99 Å². The van der Waals surface area contributed by atoms with Gasteiger partial charge in [-0.15, -0.1) is 5.10 Å². The van der Waals surface area contributed by atoms with Crippen LogP contribution < -0.4 is 0 Å². The van der Waals surface area contributed by atoms with E-state index < -0.39 is 5.97 Å². The molecular weight excluding hydrogens is 289 g/mol. The summed E-state index contributed by atoms with van der Waals surface area (Å²) >= 11 is 1.88. The van der Waals surface area contributed by atoms with Gasteiger partial charge in [0, 0.05) is 0 Å². The molecule has 0 saturated carbocycles. The molecule has 1 aromatic heterocycles. The van der Waals surface area contributed by atoms with Gasteiger partial charge in [-0.2, -0.15) is 0 Å². The summed E-state index contributed by atoms with van der Waals surface area (Å²) in [4.78, 5) is 21.2. The zero-order valence-electron chi connectivity index (χ0n) is 6.73. The van der Waals surface area contributed by atoms with Crippen LogP contribution in [0.2, 0.25) is 0 Å². The Kier molecular flexibility index (Phi) is 3.34. The van der Waals surface area contributed by atoms with Gasteiger partial charge in [0.2, 0.25) is 0 Å². The fourth-order valence-corrected chi connectivity index (χ4v) is 1.18. The number of carbonyl (C=O) groups is 2. The Morgan fingerprint density at radius 1 is 1.77 bits per heavy atom. The largest absolute Gasteiger partial charge is 0.468 e. The molecule has 0 radical (unpaired) electrons. The normalized spacial score (nSPS) is 9.69. The molecule has 0 N–H and O–H groups in total. The van der Waals surface area contributed by atoms with Gasteiger partial charge in [-0.1, -0.05) is 5.21 Å². The molecule has 0 amide bonds. The Morgan fingerprint density at radius 2 is 2.46 bits per heavy atom. The summed E-state index contributed by atoms with van der Waals surface area (Å²) in [6.45, 7) is -0.0321. The third-order valence-corrected chi connectivity index (χ3v) is 2.43. The van der Waals surface area contributed by atoms with E-state index >= 15 is 0 Å². The van der Waals surface area contributed by atoms with Gasteiger partial charge in [0.05, 0.1) is 7.11 Å². The molecule has 0 saturated heterocycles. The molecule has 70 valence electrons. The SMILES string of the molecule is COC(=O)Cn1nnc(C=O)c1I. The second kappa shape index (κ2) is 4.30. The Balaban J connectivity index is 2.84. The van der Waals surface area contributed by atoms with E-state index in [1.165, 1.54) is 11.8 Å². The Bertz CT molecular complexity index is 336. The van der Waals surface area contributed by atoms with E-state index in [-0.39, 0.29) is 12.2 Å². The maximum absolute atomic E-state index is 10.8. The van der Waals surface area contributed by atoms with Crippen molar-refractivity contribution in [2.24, 2.45) is 0 Å². The van der Waals surface area contributed by atoms with Crippen LogP contribution in [0.1, 0.15) is 10.5 Å². The molecular formula is C6H6IN3O3. The Hall–Kier alpha value is -0.990. The minimum absolute atomic E-state index is 0.0321. The van der Waals surface area contributed by atoms with Crippen molar-refractivity contribution >= 4 is 34.8 Å². The molecule has 1 rings (SSSR count). The van der Waals surface area contributed by atoms with Crippen LogP contribution in [-0.4, -0.2) is 34.4 Å². The van der Waals surface area contributed by atoms with Crippen molar-refractivity contribution in [2.75, 3.05) is 7.11 Å². The summed E-state index contributed by atoms with van der Waals surface area (Å²) in [7, 11) is 1.28. The molecule has 0 fully saturated rings. The molecule has 13 heavy (non-hydrogen) atoms. The first-order valence-corrected chi connectivity index (χ1v) is 4.38. The number of methoxy groups -OCH3 is 1. The van der Waals surface area contributed by atoms with E-state index in [1.807, 2.05) is 22.6 Å².